The maximum atomic E-state index is 13.2. The van der Waals surface area contributed by atoms with Gasteiger partial charge in [-0.05, 0) is 68.1 Å². The molecule has 0 spiro atoms. The van der Waals surface area contributed by atoms with Crippen LogP contribution in [0.1, 0.15) is 39.9 Å². The lowest BCUT2D eigenvalue weighted by atomic mass is 9.96. The molecule has 3 aromatic rings. The Hall–Kier alpha value is -3.84. The van der Waals surface area contributed by atoms with Gasteiger partial charge in [-0.15, -0.1) is 0 Å². The van der Waals surface area contributed by atoms with Crippen molar-refractivity contribution in [2.24, 2.45) is 5.92 Å². The zero-order valence-corrected chi connectivity index (χ0v) is 22.5. The number of nitrogens with zero attached hydrogens (tertiary/aromatic N) is 1. The van der Waals surface area contributed by atoms with Gasteiger partial charge < -0.3 is 20.1 Å². The van der Waals surface area contributed by atoms with Crippen LogP contribution < -0.4 is 20.1 Å². The van der Waals surface area contributed by atoms with Crippen LogP contribution >= 0.6 is 0 Å². The standard InChI is InChI=1S/C31H37N3O4/c1-22-8-6-9-24(18-22)20-34-17-7-10-25(21-34)30(35)33-27-12-5-4-11-26(27)31(36)32-16-15-23-13-14-28(37-2)29(19-23)38-3/h4-6,8-9,11-14,18-19,25H,7,10,15-17,20-21H2,1-3H3,(H,32,36)(H,33,35). The molecule has 0 bridgehead atoms. The van der Waals surface area contributed by atoms with Gasteiger partial charge in [-0.3, -0.25) is 14.5 Å². The van der Waals surface area contributed by atoms with Crippen molar-refractivity contribution in [3.05, 3.63) is 89.0 Å². The Morgan fingerprint density at radius 2 is 1.76 bits per heavy atom. The highest BCUT2D eigenvalue weighted by Gasteiger charge is 2.26. The number of piperidine rings is 1. The minimum atomic E-state index is -0.217. The summed E-state index contributed by atoms with van der Waals surface area (Å²) in [4.78, 5) is 28.6. The van der Waals surface area contributed by atoms with Crippen molar-refractivity contribution >= 4 is 17.5 Å². The minimum absolute atomic E-state index is 0.0375. The van der Waals surface area contributed by atoms with E-state index in [0.717, 1.165) is 31.5 Å². The number of anilines is 1. The van der Waals surface area contributed by atoms with Crippen LogP contribution in [0.3, 0.4) is 0 Å². The molecule has 1 fully saturated rings. The largest absolute Gasteiger partial charge is 0.493 e. The zero-order valence-electron chi connectivity index (χ0n) is 22.5. The van der Waals surface area contributed by atoms with E-state index in [2.05, 4.69) is 46.7 Å². The number of aryl methyl sites for hydroxylation is 1. The van der Waals surface area contributed by atoms with Gasteiger partial charge in [-0.2, -0.15) is 0 Å². The van der Waals surface area contributed by atoms with E-state index in [4.69, 9.17) is 9.47 Å². The van der Waals surface area contributed by atoms with E-state index < -0.39 is 0 Å². The minimum Gasteiger partial charge on any atom is -0.493 e. The lowest BCUT2D eigenvalue weighted by Gasteiger charge is -2.32. The Balaban J connectivity index is 1.33. The monoisotopic (exact) mass is 515 g/mol. The van der Waals surface area contributed by atoms with Crippen molar-refractivity contribution in [2.75, 3.05) is 39.2 Å². The fraction of sp³-hybridized carbons (Fsp3) is 0.355. The van der Waals surface area contributed by atoms with E-state index in [1.165, 1.54) is 11.1 Å². The molecule has 0 saturated carbocycles. The summed E-state index contributed by atoms with van der Waals surface area (Å²) in [5.41, 5.74) is 4.53. The smallest absolute Gasteiger partial charge is 0.253 e. The molecular weight excluding hydrogens is 478 g/mol. The summed E-state index contributed by atoms with van der Waals surface area (Å²) in [6, 6.07) is 21.4. The first-order valence-corrected chi connectivity index (χ1v) is 13.1. The first kappa shape index (κ1) is 27.2. The van der Waals surface area contributed by atoms with Crippen LogP contribution in [0, 0.1) is 12.8 Å². The average Bonchev–Trinajstić information content (AvgIpc) is 2.93. The number of benzene rings is 3. The quantitative estimate of drug-likeness (QED) is 0.404. The van der Waals surface area contributed by atoms with Crippen LogP contribution in [0.4, 0.5) is 5.69 Å². The third kappa shape index (κ3) is 7.13. The first-order chi connectivity index (χ1) is 18.5. The molecule has 200 valence electrons. The topological polar surface area (TPSA) is 79.9 Å². The Labute approximate surface area is 225 Å². The van der Waals surface area contributed by atoms with Crippen molar-refractivity contribution in [1.29, 1.82) is 0 Å². The number of hydrogen-bond acceptors (Lipinski definition) is 5. The fourth-order valence-corrected chi connectivity index (χ4v) is 4.96. The number of ether oxygens (including phenoxy) is 2. The summed E-state index contributed by atoms with van der Waals surface area (Å²) in [6.07, 6.45) is 2.46. The van der Waals surface area contributed by atoms with Gasteiger partial charge in [0.1, 0.15) is 0 Å². The molecule has 1 unspecified atom stereocenters. The Kier molecular flexibility index (Phi) is 9.38. The van der Waals surface area contributed by atoms with Crippen LogP contribution in [0.15, 0.2) is 66.7 Å². The molecule has 4 rings (SSSR count). The maximum Gasteiger partial charge on any atom is 0.253 e. The molecule has 7 heteroatoms. The SMILES string of the molecule is COc1ccc(CCNC(=O)c2ccccc2NC(=O)C2CCCN(Cc3cccc(C)c3)C2)cc1OC. The van der Waals surface area contributed by atoms with E-state index in [1.807, 2.05) is 30.3 Å². The second-order valence-electron chi connectivity index (χ2n) is 9.79. The second-order valence-corrected chi connectivity index (χ2v) is 9.79. The third-order valence-electron chi connectivity index (χ3n) is 6.94. The zero-order chi connectivity index (χ0) is 26.9. The van der Waals surface area contributed by atoms with Gasteiger partial charge in [0.25, 0.3) is 5.91 Å². The van der Waals surface area contributed by atoms with Gasteiger partial charge in [-0.25, -0.2) is 0 Å². The molecule has 7 nitrogen and oxygen atoms in total. The lowest BCUT2D eigenvalue weighted by molar-refractivity contribution is -0.121. The molecular formula is C31H37N3O4. The number of para-hydroxylation sites is 1. The summed E-state index contributed by atoms with van der Waals surface area (Å²) in [7, 11) is 3.20. The van der Waals surface area contributed by atoms with Crippen molar-refractivity contribution in [3.63, 3.8) is 0 Å². The van der Waals surface area contributed by atoms with Crippen LogP contribution in [-0.2, 0) is 17.8 Å². The van der Waals surface area contributed by atoms with E-state index in [-0.39, 0.29) is 17.7 Å². The fourth-order valence-electron chi connectivity index (χ4n) is 4.96. The molecule has 1 atom stereocenters. The highest BCUT2D eigenvalue weighted by atomic mass is 16.5. The molecule has 1 aliphatic heterocycles. The maximum absolute atomic E-state index is 13.2. The highest BCUT2D eigenvalue weighted by Crippen LogP contribution is 2.27. The molecule has 2 amide bonds. The summed E-state index contributed by atoms with van der Waals surface area (Å²) in [6.45, 7) is 5.08. The average molecular weight is 516 g/mol. The van der Waals surface area contributed by atoms with Gasteiger partial charge in [0.05, 0.1) is 31.4 Å². The van der Waals surface area contributed by atoms with Crippen LogP contribution in [-0.4, -0.2) is 50.6 Å². The third-order valence-corrected chi connectivity index (χ3v) is 6.94. The molecule has 1 aliphatic rings. The summed E-state index contributed by atoms with van der Waals surface area (Å²) in [5.74, 6) is 0.955. The Morgan fingerprint density at radius 3 is 2.55 bits per heavy atom. The summed E-state index contributed by atoms with van der Waals surface area (Å²) in [5, 5.41) is 6.01. The van der Waals surface area contributed by atoms with Crippen molar-refractivity contribution < 1.29 is 19.1 Å². The number of rotatable bonds is 10. The summed E-state index contributed by atoms with van der Waals surface area (Å²) >= 11 is 0. The second kappa shape index (κ2) is 13.1. The number of likely N-dealkylation sites (tertiary alicyclic amines) is 1. The molecule has 0 aliphatic carbocycles. The molecule has 3 aromatic carbocycles. The number of carbonyl (C=O) groups excluding carboxylic acids is 2. The number of nitrogens with one attached hydrogen (secondary N) is 2. The molecule has 1 saturated heterocycles. The van der Waals surface area contributed by atoms with Gasteiger partial charge in [-0.1, -0.05) is 48.0 Å². The molecule has 1 heterocycles. The van der Waals surface area contributed by atoms with Crippen molar-refractivity contribution in [3.8, 4) is 11.5 Å². The Bertz CT molecular complexity index is 1260. The number of carbonyl (C=O) groups is 2. The van der Waals surface area contributed by atoms with Crippen molar-refractivity contribution in [2.45, 2.75) is 32.7 Å². The molecule has 0 aromatic heterocycles. The van der Waals surface area contributed by atoms with Crippen LogP contribution in [0.25, 0.3) is 0 Å². The predicted molar refractivity (Wildman–Crippen MR) is 150 cm³/mol. The molecule has 2 N–H and O–H groups in total. The highest BCUT2D eigenvalue weighted by molar-refractivity contribution is 6.04. The predicted octanol–water partition coefficient (Wildman–Crippen LogP) is 4.84. The molecule has 38 heavy (non-hydrogen) atoms. The number of hydrogen-bond donors (Lipinski definition) is 2. The van der Waals surface area contributed by atoms with Crippen molar-refractivity contribution in [1.82, 2.24) is 10.2 Å². The van der Waals surface area contributed by atoms with E-state index in [1.54, 1.807) is 26.4 Å². The normalized spacial score (nSPS) is 15.5. The van der Waals surface area contributed by atoms with Gasteiger partial charge in [0, 0.05) is 19.6 Å². The molecule has 0 radical (unpaired) electrons. The van der Waals surface area contributed by atoms with Gasteiger partial charge in [0.2, 0.25) is 5.91 Å². The van der Waals surface area contributed by atoms with Gasteiger partial charge in [0.15, 0.2) is 11.5 Å². The van der Waals surface area contributed by atoms with E-state index in [9.17, 15) is 9.59 Å². The lowest BCUT2D eigenvalue weighted by Crippen LogP contribution is -2.40. The first-order valence-electron chi connectivity index (χ1n) is 13.1. The van der Waals surface area contributed by atoms with Crippen LogP contribution in [0.2, 0.25) is 0 Å². The number of methoxy groups -OCH3 is 2. The Morgan fingerprint density at radius 1 is 0.947 bits per heavy atom. The van der Waals surface area contributed by atoms with E-state index >= 15 is 0 Å². The van der Waals surface area contributed by atoms with Crippen LogP contribution in [0.5, 0.6) is 11.5 Å². The summed E-state index contributed by atoms with van der Waals surface area (Å²) < 4.78 is 10.6. The van der Waals surface area contributed by atoms with Gasteiger partial charge >= 0.3 is 0 Å². The number of amides is 2. The van der Waals surface area contributed by atoms with E-state index in [0.29, 0.717) is 42.3 Å².